The van der Waals surface area contributed by atoms with Crippen LogP contribution in [0.1, 0.15) is 40.5 Å². The van der Waals surface area contributed by atoms with E-state index >= 15 is 0 Å². The molecule has 0 saturated carbocycles. The molecule has 6 heteroatoms. The number of carbonyl (C=O) groups is 2. The Morgan fingerprint density at radius 3 is 2.60 bits per heavy atom. The summed E-state index contributed by atoms with van der Waals surface area (Å²) in [6, 6.07) is -0.359. The second kappa shape index (κ2) is 5.60. The van der Waals surface area contributed by atoms with E-state index in [1.54, 1.807) is 6.92 Å². The third-order valence-corrected chi connectivity index (χ3v) is 3.57. The lowest BCUT2D eigenvalue weighted by Gasteiger charge is -2.39. The molecule has 2 rings (SSSR count). The Bertz CT molecular complexity index is 391. The Labute approximate surface area is 119 Å². The Kier molecular flexibility index (Phi) is 4.22. The SMILES string of the molecule is CCOC(=O)[C@@H]1[C@@H]2CC[C@H](CN1C(=O)OC(C)(C)C)N2. The van der Waals surface area contributed by atoms with E-state index in [-0.39, 0.29) is 18.1 Å². The number of likely N-dealkylation sites (tertiary alicyclic amines) is 1. The summed E-state index contributed by atoms with van der Waals surface area (Å²) in [5.74, 6) is -0.351. The van der Waals surface area contributed by atoms with Gasteiger partial charge in [-0.2, -0.15) is 0 Å². The highest BCUT2D eigenvalue weighted by Gasteiger charge is 2.47. The number of nitrogens with one attached hydrogen (secondary N) is 1. The Hall–Kier alpha value is -1.30. The van der Waals surface area contributed by atoms with E-state index in [1.807, 2.05) is 20.8 Å². The molecule has 1 amide bonds. The second-order valence-electron chi connectivity index (χ2n) is 6.38. The van der Waals surface area contributed by atoms with Crippen LogP contribution in [-0.4, -0.2) is 53.8 Å². The molecule has 0 spiro atoms. The molecule has 0 radical (unpaired) electrons. The number of amides is 1. The minimum absolute atomic E-state index is 0.0275. The summed E-state index contributed by atoms with van der Waals surface area (Å²) in [6.07, 6.45) is 1.42. The van der Waals surface area contributed by atoms with E-state index in [0.29, 0.717) is 13.2 Å². The van der Waals surface area contributed by atoms with Gasteiger partial charge in [0.2, 0.25) is 0 Å². The van der Waals surface area contributed by atoms with Gasteiger partial charge in [-0.3, -0.25) is 4.90 Å². The van der Waals surface area contributed by atoms with Gasteiger partial charge in [-0.05, 0) is 40.5 Å². The van der Waals surface area contributed by atoms with Crippen molar-refractivity contribution >= 4 is 12.1 Å². The van der Waals surface area contributed by atoms with Gasteiger partial charge in [0.05, 0.1) is 6.61 Å². The fraction of sp³-hybridized carbons (Fsp3) is 0.857. The third-order valence-electron chi connectivity index (χ3n) is 3.57. The van der Waals surface area contributed by atoms with Crippen LogP contribution < -0.4 is 5.32 Å². The molecule has 2 fully saturated rings. The number of piperazine rings is 1. The van der Waals surface area contributed by atoms with Gasteiger partial charge in [-0.25, -0.2) is 9.59 Å². The highest BCUT2D eigenvalue weighted by molar-refractivity contribution is 5.83. The minimum Gasteiger partial charge on any atom is -0.464 e. The maximum atomic E-state index is 12.3. The molecule has 0 aromatic heterocycles. The topological polar surface area (TPSA) is 67.9 Å². The van der Waals surface area contributed by atoms with Crippen LogP contribution in [0.15, 0.2) is 0 Å². The summed E-state index contributed by atoms with van der Waals surface area (Å²) < 4.78 is 10.5. The molecule has 2 saturated heterocycles. The number of rotatable bonds is 2. The summed E-state index contributed by atoms with van der Waals surface area (Å²) >= 11 is 0. The summed E-state index contributed by atoms with van der Waals surface area (Å²) in [5, 5.41) is 3.38. The number of hydrogen-bond acceptors (Lipinski definition) is 5. The quantitative estimate of drug-likeness (QED) is 0.774. The first-order chi connectivity index (χ1) is 9.31. The zero-order valence-electron chi connectivity index (χ0n) is 12.6. The first-order valence-corrected chi connectivity index (χ1v) is 7.24. The predicted molar refractivity (Wildman–Crippen MR) is 73.3 cm³/mol. The molecule has 114 valence electrons. The molecule has 20 heavy (non-hydrogen) atoms. The largest absolute Gasteiger partial charge is 0.464 e. The molecule has 0 unspecified atom stereocenters. The number of fused-ring (bicyclic) bond motifs is 2. The van der Waals surface area contributed by atoms with Crippen molar-refractivity contribution in [2.75, 3.05) is 13.2 Å². The van der Waals surface area contributed by atoms with Gasteiger partial charge >= 0.3 is 12.1 Å². The van der Waals surface area contributed by atoms with Crippen molar-refractivity contribution in [1.82, 2.24) is 10.2 Å². The maximum Gasteiger partial charge on any atom is 0.411 e. The minimum atomic E-state index is -0.580. The first kappa shape index (κ1) is 15.1. The molecule has 2 aliphatic heterocycles. The van der Waals surface area contributed by atoms with Crippen LogP contribution >= 0.6 is 0 Å². The standard InChI is InChI=1S/C14H24N2O4/c1-5-19-12(17)11-10-7-6-9(15-10)8-16(11)13(18)20-14(2,3)4/h9-11,15H,5-8H2,1-4H3/t9-,10+,11+/m1/s1. The van der Waals surface area contributed by atoms with Crippen molar-refractivity contribution in [2.45, 2.75) is 64.3 Å². The van der Waals surface area contributed by atoms with E-state index in [0.717, 1.165) is 12.8 Å². The lowest BCUT2D eigenvalue weighted by Crippen LogP contribution is -2.63. The number of ether oxygens (including phenoxy) is 2. The normalized spacial score (nSPS) is 29.2. The lowest BCUT2D eigenvalue weighted by molar-refractivity contribution is -0.151. The molecule has 2 bridgehead atoms. The number of esters is 1. The van der Waals surface area contributed by atoms with Crippen molar-refractivity contribution in [1.29, 1.82) is 0 Å². The molecule has 0 aromatic carbocycles. The summed E-state index contributed by atoms with van der Waals surface area (Å²) in [4.78, 5) is 26.0. The van der Waals surface area contributed by atoms with Gasteiger partial charge in [-0.15, -0.1) is 0 Å². The molecule has 1 N–H and O–H groups in total. The molecule has 0 aliphatic carbocycles. The van der Waals surface area contributed by atoms with E-state index in [9.17, 15) is 9.59 Å². The summed E-state index contributed by atoms with van der Waals surface area (Å²) in [6.45, 7) is 8.04. The Morgan fingerprint density at radius 2 is 2.00 bits per heavy atom. The van der Waals surface area contributed by atoms with Crippen LogP contribution in [0.5, 0.6) is 0 Å². The molecular formula is C14H24N2O4. The van der Waals surface area contributed by atoms with Gasteiger partial charge in [-0.1, -0.05) is 0 Å². The number of hydrogen-bond donors (Lipinski definition) is 1. The van der Waals surface area contributed by atoms with Crippen LogP contribution in [0.2, 0.25) is 0 Å². The number of nitrogens with zero attached hydrogens (tertiary/aromatic N) is 1. The van der Waals surface area contributed by atoms with Gasteiger partial charge in [0.25, 0.3) is 0 Å². The van der Waals surface area contributed by atoms with E-state index in [2.05, 4.69) is 5.32 Å². The van der Waals surface area contributed by atoms with Crippen LogP contribution in [0.3, 0.4) is 0 Å². The van der Waals surface area contributed by atoms with E-state index in [4.69, 9.17) is 9.47 Å². The van der Waals surface area contributed by atoms with Crippen molar-refractivity contribution in [2.24, 2.45) is 0 Å². The lowest BCUT2D eigenvalue weighted by atomic mass is 10.1. The van der Waals surface area contributed by atoms with Crippen LogP contribution in [0.25, 0.3) is 0 Å². The fourth-order valence-electron chi connectivity index (χ4n) is 2.84. The molecule has 2 aliphatic rings. The van der Waals surface area contributed by atoms with Crippen molar-refractivity contribution in [3.05, 3.63) is 0 Å². The van der Waals surface area contributed by atoms with Crippen LogP contribution in [0, 0.1) is 0 Å². The zero-order valence-corrected chi connectivity index (χ0v) is 12.6. The third kappa shape index (κ3) is 3.23. The van der Waals surface area contributed by atoms with Gasteiger partial charge in [0.1, 0.15) is 11.6 Å². The van der Waals surface area contributed by atoms with Gasteiger partial charge in [0, 0.05) is 18.6 Å². The molecule has 6 nitrogen and oxygen atoms in total. The Balaban J connectivity index is 2.15. The predicted octanol–water partition coefficient (Wildman–Crippen LogP) is 1.29. The highest BCUT2D eigenvalue weighted by Crippen LogP contribution is 2.27. The molecule has 2 heterocycles. The Morgan fingerprint density at radius 1 is 1.30 bits per heavy atom. The summed E-state index contributed by atoms with van der Waals surface area (Å²) in [7, 11) is 0. The molecule has 0 aromatic rings. The molecular weight excluding hydrogens is 260 g/mol. The smallest absolute Gasteiger partial charge is 0.411 e. The average Bonchev–Trinajstić information content (AvgIpc) is 2.68. The monoisotopic (exact) mass is 284 g/mol. The summed E-state index contributed by atoms with van der Waals surface area (Å²) in [5.41, 5.74) is -0.569. The van der Waals surface area contributed by atoms with E-state index < -0.39 is 17.7 Å². The number of carbonyl (C=O) groups excluding carboxylic acids is 2. The second-order valence-corrected chi connectivity index (χ2v) is 6.38. The maximum absolute atomic E-state index is 12.3. The van der Waals surface area contributed by atoms with E-state index in [1.165, 1.54) is 4.90 Å². The fourth-order valence-corrected chi connectivity index (χ4v) is 2.84. The van der Waals surface area contributed by atoms with Crippen molar-refractivity contribution < 1.29 is 19.1 Å². The van der Waals surface area contributed by atoms with Gasteiger partial charge in [0.15, 0.2) is 0 Å². The van der Waals surface area contributed by atoms with Crippen molar-refractivity contribution in [3.63, 3.8) is 0 Å². The molecule has 3 atom stereocenters. The van der Waals surface area contributed by atoms with Gasteiger partial charge < -0.3 is 14.8 Å². The average molecular weight is 284 g/mol. The van der Waals surface area contributed by atoms with Crippen LogP contribution in [-0.2, 0) is 14.3 Å². The highest BCUT2D eigenvalue weighted by atomic mass is 16.6. The van der Waals surface area contributed by atoms with Crippen molar-refractivity contribution in [3.8, 4) is 0 Å². The first-order valence-electron chi connectivity index (χ1n) is 7.24. The van der Waals surface area contributed by atoms with Crippen LogP contribution in [0.4, 0.5) is 4.79 Å². The zero-order chi connectivity index (χ0) is 14.9.